The molecular formula is C37H32F10O2. The third kappa shape index (κ3) is 8.69. The Hall–Kier alpha value is -4.22. The molecule has 0 heterocycles. The zero-order valence-electron chi connectivity index (χ0n) is 26.3. The van der Waals surface area contributed by atoms with Crippen molar-refractivity contribution in [1.82, 2.24) is 0 Å². The molecule has 0 N–H and O–H groups in total. The van der Waals surface area contributed by atoms with E-state index in [1.54, 1.807) is 6.07 Å². The Kier molecular flexibility index (Phi) is 10.8. The van der Waals surface area contributed by atoms with Gasteiger partial charge >= 0.3 is 12.5 Å². The molecule has 0 radical (unpaired) electrons. The average molecular weight is 699 g/mol. The van der Waals surface area contributed by atoms with E-state index in [9.17, 15) is 22.0 Å². The van der Waals surface area contributed by atoms with Crippen LogP contribution in [-0.2, 0) is 6.11 Å². The summed E-state index contributed by atoms with van der Waals surface area (Å²) in [6.45, 7) is 2.16. The number of hydrogen-bond donors (Lipinski definition) is 0. The second kappa shape index (κ2) is 14.7. The van der Waals surface area contributed by atoms with Crippen LogP contribution in [0.15, 0.2) is 66.7 Å². The minimum Gasteiger partial charge on any atom is -0.429 e. The summed E-state index contributed by atoms with van der Waals surface area (Å²) in [7, 11) is 0. The van der Waals surface area contributed by atoms with Gasteiger partial charge in [0.15, 0.2) is 11.6 Å². The van der Waals surface area contributed by atoms with Crippen LogP contribution in [0.25, 0.3) is 22.3 Å². The van der Waals surface area contributed by atoms with Gasteiger partial charge in [-0.25, -0.2) is 22.0 Å². The van der Waals surface area contributed by atoms with Crippen molar-refractivity contribution >= 4 is 0 Å². The highest BCUT2D eigenvalue weighted by Crippen LogP contribution is 2.41. The maximum absolute atomic E-state index is 15.2. The van der Waals surface area contributed by atoms with Crippen molar-refractivity contribution in [1.29, 1.82) is 0 Å². The molecule has 0 amide bonds. The van der Waals surface area contributed by atoms with Gasteiger partial charge in [0, 0.05) is 17.2 Å². The fourth-order valence-corrected chi connectivity index (χ4v) is 6.36. The lowest BCUT2D eigenvalue weighted by atomic mass is 9.77. The monoisotopic (exact) mass is 698 g/mol. The van der Waals surface area contributed by atoms with Gasteiger partial charge in [-0.05, 0) is 96.7 Å². The molecule has 5 rings (SSSR count). The van der Waals surface area contributed by atoms with Crippen LogP contribution in [0.5, 0.6) is 11.5 Å². The van der Waals surface area contributed by atoms with Gasteiger partial charge in [-0.3, -0.25) is 0 Å². The molecule has 4 aromatic carbocycles. The first-order chi connectivity index (χ1) is 23.1. The van der Waals surface area contributed by atoms with Gasteiger partial charge in [0.25, 0.3) is 0 Å². The van der Waals surface area contributed by atoms with E-state index >= 15 is 22.0 Å². The average Bonchev–Trinajstić information content (AvgIpc) is 3.01. The molecule has 0 aliphatic heterocycles. The normalized spacial score (nSPS) is 16.9. The second-order valence-electron chi connectivity index (χ2n) is 12.2. The van der Waals surface area contributed by atoms with E-state index in [0.717, 1.165) is 55.9 Å². The lowest BCUT2D eigenvalue weighted by molar-refractivity contribution is -0.275. The van der Waals surface area contributed by atoms with E-state index in [0.29, 0.717) is 36.2 Å². The molecule has 4 aromatic rings. The van der Waals surface area contributed by atoms with Gasteiger partial charge in [-0.2, -0.15) is 8.78 Å². The lowest BCUT2D eigenvalue weighted by Gasteiger charge is -2.29. The highest BCUT2D eigenvalue weighted by molar-refractivity contribution is 5.67. The quantitative estimate of drug-likeness (QED) is 0.115. The molecule has 0 atom stereocenters. The van der Waals surface area contributed by atoms with E-state index in [4.69, 9.17) is 0 Å². The topological polar surface area (TPSA) is 18.5 Å². The first-order valence-electron chi connectivity index (χ1n) is 15.9. The number of unbranched alkanes of at least 4 members (excludes halogenated alkanes) is 2. The molecule has 1 fully saturated rings. The molecule has 0 spiro atoms. The van der Waals surface area contributed by atoms with Crippen LogP contribution >= 0.6 is 0 Å². The Bertz CT molecular complexity index is 1750. The Morgan fingerprint density at radius 1 is 0.612 bits per heavy atom. The predicted octanol–water partition coefficient (Wildman–Crippen LogP) is 12.6. The van der Waals surface area contributed by atoms with Gasteiger partial charge in [-0.15, -0.1) is 13.2 Å². The van der Waals surface area contributed by atoms with Crippen LogP contribution in [0.3, 0.4) is 0 Å². The summed E-state index contributed by atoms with van der Waals surface area (Å²) in [5, 5.41) is 0. The van der Waals surface area contributed by atoms with Crippen molar-refractivity contribution in [3.05, 3.63) is 107 Å². The molecule has 262 valence electrons. The summed E-state index contributed by atoms with van der Waals surface area (Å²) in [6, 6.07) is 9.61. The van der Waals surface area contributed by atoms with Crippen LogP contribution in [0.4, 0.5) is 43.9 Å². The minimum atomic E-state index is -5.18. The Balaban J connectivity index is 1.29. The van der Waals surface area contributed by atoms with Gasteiger partial charge < -0.3 is 9.47 Å². The number of benzene rings is 4. The molecule has 2 nitrogen and oxygen atoms in total. The van der Waals surface area contributed by atoms with E-state index in [1.165, 1.54) is 31.4 Å². The van der Waals surface area contributed by atoms with Gasteiger partial charge in [0.1, 0.15) is 34.6 Å². The zero-order valence-corrected chi connectivity index (χ0v) is 26.3. The van der Waals surface area contributed by atoms with E-state index in [1.807, 2.05) is 0 Å². The summed E-state index contributed by atoms with van der Waals surface area (Å²) >= 11 is 0. The van der Waals surface area contributed by atoms with Gasteiger partial charge in [0.2, 0.25) is 0 Å². The van der Waals surface area contributed by atoms with Crippen LogP contribution in [0.2, 0.25) is 0 Å². The van der Waals surface area contributed by atoms with Gasteiger partial charge in [0.05, 0.1) is 0 Å². The van der Waals surface area contributed by atoms with Crippen molar-refractivity contribution in [3.63, 3.8) is 0 Å². The Morgan fingerprint density at radius 3 is 1.82 bits per heavy atom. The number of hydrogen-bond acceptors (Lipinski definition) is 2. The van der Waals surface area contributed by atoms with Crippen molar-refractivity contribution < 1.29 is 53.4 Å². The molecule has 1 aliphatic rings. The molecule has 12 heteroatoms. The Morgan fingerprint density at radius 2 is 1.22 bits per heavy atom. The summed E-state index contributed by atoms with van der Waals surface area (Å²) in [5.74, 6) is -8.20. The molecule has 1 aliphatic carbocycles. The molecule has 1 saturated carbocycles. The predicted molar refractivity (Wildman–Crippen MR) is 164 cm³/mol. The highest BCUT2D eigenvalue weighted by atomic mass is 19.4. The first kappa shape index (κ1) is 36.1. The second-order valence-corrected chi connectivity index (χ2v) is 12.2. The largest absolute Gasteiger partial charge is 0.573 e. The summed E-state index contributed by atoms with van der Waals surface area (Å²) in [5.41, 5.74) is -2.19. The number of rotatable bonds is 11. The van der Waals surface area contributed by atoms with E-state index in [-0.39, 0.29) is 22.6 Å². The van der Waals surface area contributed by atoms with Crippen molar-refractivity contribution in [2.24, 2.45) is 5.92 Å². The van der Waals surface area contributed by atoms with Crippen LogP contribution < -0.4 is 9.47 Å². The summed E-state index contributed by atoms with van der Waals surface area (Å²) in [4.78, 5) is 0. The van der Waals surface area contributed by atoms with Crippen LogP contribution in [0, 0.1) is 35.0 Å². The third-order valence-corrected chi connectivity index (χ3v) is 8.83. The smallest absolute Gasteiger partial charge is 0.429 e. The highest BCUT2D eigenvalue weighted by Gasteiger charge is 2.41. The number of alkyl halides is 5. The lowest BCUT2D eigenvalue weighted by Crippen LogP contribution is -2.25. The minimum absolute atomic E-state index is 0.149. The SMILES string of the molecule is CCCCCC1CCC(c2ccc(-c3cc(F)c(C(F)(F)Oc4ccc(-c5ccc(OC(F)(F)F)c(F)c5)c(F)c4)c(F)c3)c(F)c2)CC1. The first-order valence-corrected chi connectivity index (χ1v) is 15.9. The molecular weight excluding hydrogens is 666 g/mol. The maximum Gasteiger partial charge on any atom is 0.573 e. The van der Waals surface area contributed by atoms with Crippen LogP contribution in [0.1, 0.15) is 75.3 Å². The van der Waals surface area contributed by atoms with Gasteiger partial charge in [-0.1, -0.05) is 50.8 Å². The van der Waals surface area contributed by atoms with Crippen molar-refractivity contribution in [2.75, 3.05) is 0 Å². The molecule has 49 heavy (non-hydrogen) atoms. The maximum atomic E-state index is 15.2. The number of halogens is 10. The fourth-order valence-electron chi connectivity index (χ4n) is 6.36. The fraction of sp³-hybridized carbons (Fsp3) is 0.351. The Labute approximate surface area is 276 Å². The van der Waals surface area contributed by atoms with Crippen molar-refractivity contribution in [2.45, 2.75) is 76.7 Å². The summed E-state index contributed by atoms with van der Waals surface area (Å²) < 4.78 is 150. The van der Waals surface area contributed by atoms with Crippen molar-refractivity contribution in [3.8, 4) is 33.8 Å². The molecule has 0 bridgehead atoms. The number of ether oxygens (including phenoxy) is 2. The summed E-state index contributed by atoms with van der Waals surface area (Å²) in [6.07, 6.45) is -1.21. The van der Waals surface area contributed by atoms with Crippen LogP contribution in [-0.4, -0.2) is 6.36 Å². The zero-order chi connectivity index (χ0) is 35.5. The van der Waals surface area contributed by atoms with E-state index in [2.05, 4.69) is 16.4 Å². The molecule has 0 aromatic heterocycles. The van der Waals surface area contributed by atoms with E-state index < -0.39 is 64.2 Å². The standard InChI is InChI=1S/C37H32F10O2/c1-2-3-4-5-21-6-8-22(9-7-21)23-10-13-28(29(38)16-23)25-18-32(41)35(33(42)19-25)36(43,44)48-26-12-14-27(30(39)20-26)24-11-15-34(31(40)17-24)49-37(45,46)47/h10-22H,2-9H2,1H3. The molecule has 0 saturated heterocycles. The molecule has 0 unspecified atom stereocenters. The third-order valence-electron chi connectivity index (χ3n) is 8.83.